The highest BCUT2D eigenvalue weighted by Crippen LogP contribution is 2.39. The van der Waals surface area contributed by atoms with Crippen LogP contribution in [0.1, 0.15) is 41.9 Å². The van der Waals surface area contributed by atoms with Gasteiger partial charge in [0.1, 0.15) is 6.04 Å². The van der Waals surface area contributed by atoms with Gasteiger partial charge >= 0.3 is 0 Å². The molecule has 154 valence electrons. The molecule has 9 nitrogen and oxygen atoms in total. The van der Waals surface area contributed by atoms with Crippen molar-refractivity contribution in [1.82, 2.24) is 20.4 Å². The van der Waals surface area contributed by atoms with Gasteiger partial charge in [0.15, 0.2) is 9.84 Å². The molecule has 1 aromatic heterocycles. The third-order valence-electron chi connectivity index (χ3n) is 5.13. The van der Waals surface area contributed by atoms with Crippen LogP contribution in [0.2, 0.25) is 0 Å². The van der Waals surface area contributed by atoms with Gasteiger partial charge in [-0.05, 0) is 31.9 Å². The third kappa shape index (κ3) is 4.47. The molecule has 1 N–H and O–H groups in total. The molecule has 2 fully saturated rings. The van der Waals surface area contributed by atoms with Crippen LogP contribution < -0.4 is 5.32 Å². The van der Waals surface area contributed by atoms with E-state index in [-0.39, 0.29) is 30.5 Å². The molecule has 29 heavy (non-hydrogen) atoms. The van der Waals surface area contributed by atoms with Crippen molar-refractivity contribution >= 4 is 21.7 Å². The average molecular weight is 418 g/mol. The lowest BCUT2D eigenvalue weighted by molar-refractivity contribution is -0.132. The molecule has 0 spiro atoms. The zero-order chi connectivity index (χ0) is 20.6. The Labute approximate surface area is 168 Å². The van der Waals surface area contributed by atoms with E-state index in [0.717, 1.165) is 12.8 Å². The predicted octanol–water partition coefficient (Wildman–Crippen LogP) is 0.989. The summed E-state index contributed by atoms with van der Waals surface area (Å²) in [7, 11) is -3.07. The van der Waals surface area contributed by atoms with Crippen LogP contribution in [0, 0.1) is 0 Å². The number of carbonyl (C=O) groups is 2. The first-order valence-corrected chi connectivity index (χ1v) is 11.4. The van der Waals surface area contributed by atoms with Gasteiger partial charge in [-0.25, -0.2) is 8.42 Å². The van der Waals surface area contributed by atoms with Gasteiger partial charge in [0.2, 0.25) is 17.6 Å². The number of nitrogens with zero attached hydrogens (tertiary/aromatic N) is 3. The molecular formula is C19H22N4O5S. The summed E-state index contributed by atoms with van der Waals surface area (Å²) in [6, 6.07) is 6.05. The van der Waals surface area contributed by atoms with Gasteiger partial charge in [0.05, 0.1) is 11.5 Å². The van der Waals surface area contributed by atoms with E-state index in [0.29, 0.717) is 28.8 Å². The zero-order valence-corrected chi connectivity index (χ0v) is 16.8. The summed E-state index contributed by atoms with van der Waals surface area (Å²) in [5.74, 6) is 0.612. The summed E-state index contributed by atoms with van der Waals surface area (Å²) < 4.78 is 28.3. The molecule has 4 rings (SSSR count). The highest BCUT2D eigenvalue weighted by atomic mass is 32.2. The lowest BCUT2D eigenvalue weighted by atomic mass is 10.1. The minimum Gasteiger partial charge on any atom is -0.341 e. The standard InChI is InChI=1S/C19H22N4O5S/c1-12(19(25)23-7-9-29(26,27)10-8-23)20-17(24)15-4-2-3-14(11-15)16-21-18(28-22-16)13-5-6-13/h2-4,11-13H,5-10H2,1H3,(H,20,24). The second-order valence-electron chi connectivity index (χ2n) is 7.48. The summed E-state index contributed by atoms with van der Waals surface area (Å²) >= 11 is 0. The Morgan fingerprint density at radius 2 is 1.97 bits per heavy atom. The first-order chi connectivity index (χ1) is 13.8. The molecule has 1 unspecified atom stereocenters. The molecule has 1 saturated heterocycles. The molecule has 2 aliphatic rings. The number of rotatable bonds is 5. The average Bonchev–Trinajstić information content (AvgIpc) is 3.44. The number of aromatic nitrogens is 2. The summed E-state index contributed by atoms with van der Waals surface area (Å²) in [5.41, 5.74) is 1.04. The second-order valence-corrected chi connectivity index (χ2v) is 9.79. The number of nitrogens with one attached hydrogen (secondary N) is 1. The highest BCUT2D eigenvalue weighted by molar-refractivity contribution is 7.91. The SMILES string of the molecule is CC(NC(=O)c1cccc(-c2noc(C3CC3)n2)c1)C(=O)N1CCS(=O)(=O)CC1. The maximum Gasteiger partial charge on any atom is 0.251 e. The molecule has 1 aliphatic carbocycles. The van der Waals surface area contributed by atoms with Crippen molar-refractivity contribution in [3.8, 4) is 11.4 Å². The van der Waals surface area contributed by atoms with Gasteiger partial charge in [0, 0.05) is 30.1 Å². The van der Waals surface area contributed by atoms with Gasteiger partial charge in [-0.15, -0.1) is 0 Å². The predicted molar refractivity (Wildman–Crippen MR) is 104 cm³/mol. The molecule has 1 saturated carbocycles. The smallest absolute Gasteiger partial charge is 0.251 e. The third-order valence-corrected chi connectivity index (χ3v) is 6.73. The number of hydrogen-bond donors (Lipinski definition) is 1. The highest BCUT2D eigenvalue weighted by Gasteiger charge is 2.30. The van der Waals surface area contributed by atoms with Gasteiger partial charge in [-0.2, -0.15) is 4.98 Å². The monoisotopic (exact) mass is 418 g/mol. The minimum atomic E-state index is -3.07. The summed E-state index contributed by atoms with van der Waals surface area (Å²) in [5, 5.41) is 6.66. The number of sulfone groups is 1. The van der Waals surface area contributed by atoms with Gasteiger partial charge in [0.25, 0.3) is 5.91 Å². The molecule has 1 aliphatic heterocycles. The van der Waals surface area contributed by atoms with Crippen molar-refractivity contribution in [2.24, 2.45) is 0 Å². The lowest BCUT2D eigenvalue weighted by Crippen LogP contribution is -2.51. The fraction of sp³-hybridized carbons (Fsp3) is 0.474. The topological polar surface area (TPSA) is 122 Å². The quantitative estimate of drug-likeness (QED) is 0.768. The van der Waals surface area contributed by atoms with Crippen LogP contribution in [0.4, 0.5) is 0 Å². The molecule has 2 heterocycles. The molecule has 1 atom stereocenters. The van der Waals surface area contributed by atoms with Crippen LogP contribution in [0.3, 0.4) is 0 Å². The molecule has 10 heteroatoms. The first-order valence-electron chi connectivity index (χ1n) is 9.56. The van der Waals surface area contributed by atoms with Crippen LogP contribution in [0.25, 0.3) is 11.4 Å². The van der Waals surface area contributed by atoms with E-state index in [1.54, 1.807) is 31.2 Å². The largest absolute Gasteiger partial charge is 0.341 e. The van der Waals surface area contributed by atoms with Crippen molar-refractivity contribution in [2.75, 3.05) is 24.6 Å². The molecule has 2 aromatic rings. The second kappa shape index (κ2) is 7.58. The van der Waals surface area contributed by atoms with Gasteiger partial charge in [-0.3, -0.25) is 9.59 Å². The van der Waals surface area contributed by atoms with Crippen molar-refractivity contribution in [3.05, 3.63) is 35.7 Å². The van der Waals surface area contributed by atoms with Crippen LogP contribution in [-0.4, -0.2) is 65.9 Å². The van der Waals surface area contributed by atoms with Crippen LogP contribution in [0.15, 0.2) is 28.8 Å². The van der Waals surface area contributed by atoms with E-state index < -0.39 is 21.8 Å². The van der Waals surface area contributed by atoms with E-state index in [4.69, 9.17) is 4.52 Å². The number of carbonyl (C=O) groups excluding carboxylic acids is 2. The minimum absolute atomic E-state index is 0.0466. The lowest BCUT2D eigenvalue weighted by Gasteiger charge is -2.29. The molecule has 2 amide bonds. The fourth-order valence-electron chi connectivity index (χ4n) is 3.20. The number of amides is 2. The Bertz CT molecular complexity index is 1030. The van der Waals surface area contributed by atoms with E-state index in [1.807, 2.05) is 0 Å². The molecule has 0 bridgehead atoms. The van der Waals surface area contributed by atoms with Crippen molar-refractivity contribution in [3.63, 3.8) is 0 Å². The Morgan fingerprint density at radius 3 is 2.66 bits per heavy atom. The Balaban J connectivity index is 1.40. The van der Waals surface area contributed by atoms with Crippen molar-refractivity contribution in [1.29, 1.82) is 0 Å². The van der Waals surface area contributed by atoms with Crippen LogP contribution >= 0.6 is 0 Å². The van der Waals surface area contributed by atoms with Crippen molar-refractivity contribution < 1.29 is 22.5 Å². The Hall–Kier alpha value is -2.75. The van der Waals surface area contributed by atoms with Gasteiger partial charge < -0.3 is 14.7 Å². The van der Waals surface area contributed by atoms with E-state index in [2.05, 4.69) is 15.5 Å². The maximum absolute atomic E-state index is 12.6. The Morgan fingerprint density at radius 1 is 1.24 bits per heavy atom. The molecular weight excluding hydrogens is 396 g/mol. The first kappa shape index (κ1) is 19.6. The van der Waals surface area contributed by atoms with Gasteiger partial charge in [-0.1, -0.05) is 17.3 Å². The maximum atomic E-state index is 12.6. The van der Waals surface area contributed by atoms with Crippen LogP contribution in [0.5, 0.6) is 0 Å². The zero-order valence-electron chi connectivity index (χ0n) is 16.0. The summed E-state index contributed by atoms with van der Waals surface area (Å²) in [6.45, 7) is 1.89. The van der Waals surface area contributed by atoms with E-state index in [9.17, 15) is 18.0 Å². The summed E-state index contributed by atoms with van der Waals surface area (Å²) in [6.07, 6.45) is 2.11. The molecule has 1 aromatic carbocycles. The summed E-state index contributed by atoms with van der Waals surface area (Å²) in [4.78, 5) is 31.0. The normalized spacial score (nSPS) is 19.6. The Kier molecular flexibility index (Phi) is 5.12. The number of benzene rings is 1. The number of hydrogen-bond acceptors (Lipinski definition) is 7. The van der Waals surface area contributed by atoms with Crippen molar-refractivity contribution in [2.45, 2.75) is 31.7 Å². The molecule has 0 radical (unpaired) electrons. The fourth-order valence-corrected chi connectivity index (χ4v) is 4.40. The van der Waals surface area contributed by atoms with E-state index in [1.165, 1.54) is 4.90 Å². The van der Waals surface area contributed by atoms with E-state index >= 15 is 0 Å². The van der Waals surface area contributed by atoms with Crippen LogP contribution in [-0.2, 0) is 14.6 Å².